The summed E-state index contributed by atoms with van der Waals surface area (Å²) in [6.45, 7) is 0. The van der Waals surface area contributed by atoms with Crippen LogP contribution in [0.4, 0.5) is 0 Å². The molecule has 0 N–H and O–H groups in total. The summed E-state index contributed by atoms with van der Waals surface area (Å²) in [4.78, 5) is 11.6. The molecule has 0 atom stereocenters. The van der Waals surface area contributed by atoms with Crippen molar-refractivity contribution in [2.24, 2.45) is 0 Å². The second kappa shape index (κ2) is 11.4. The molecular formula is C21H28BrNO3S. The third-order valence-corrected chi connectivity index (χ3v) is 6.89. The molecule has 1 aromatic heterocycles. The van der Waals surface area contributed by atoms with E-state index in [1.165, 1.54) is 48.7 Å². The number of aldehydes is 1. The Morgan fingerprint density at radius 2 is 1.44 bits per heavy atom. The number of rotatable bonds is 13. The van der Waals surface area contributed by atoms with Crippen LogP contribution in [0.25, 0.3) is 0 Å². The lowest BCUT2D eigenvalue weighted by Crippen LogP contribution is -2.10. The molecule has 1 heterocycles. The quantitative estimate of drug-likeness (QED) is 0.225. The molecule has 6 heteroatoms. The molecule has 0 fully saturated rings. The number of unbranched alkanes of at least 4 members (excludes halogenated alkanes) is 7. The number of benzene rings is 1. The standard InChI is InChI=1S/C21H28BrNO3S/c22-15-11-6-4-2-1-3-5-8-12-19-16-23(17-20(19)18-24)27(25,26)21-13-9-7-10-14-21/h7,9-10,13-14,16-18H,1-6,8,11-12,15H2. The van der Waals surface area contributed by atoms with Gasteiger partial charge in [-0.15, -0.1) is 0 Å². The summed E-state index contributed by atoms with van der Waals surface area (Å²) < 4.78 is 26.5. The van der Waals surface area contributed by atoms with Crippen molar-refractivity contribution in [1.29, 1.82) is 0 Å². The van der Waals surface area contributed by atoms with Crippen LogP contribution in [0.1, 0.15) is 67.3 Å². The van der Waals surface area contributed by atoms with Gasteiger partial charge in [-0.05, 0) is 37.0 Å². The Kier molecular flexibility index (Phi) is 9.28. The van der Waals surface area contributed by atoms with Crippen molar-refractivity contribution in [3.8, 4) is 0 Å². The van der Waals surface area contributed by atoms with Crippen LogP contribution < -0.4 is 0 Å². The second-order valence-electron chi connectivity index (χ2n) is 6.77. The van der Waals surface area contributed by atoms with Gasteiger partial charge in [0.05, 0.1) is 4.90 Å². The van der Waals surface area contributed by atoms with Gasteiger partial charge in [-0.25, -0.2) is 12.4 Å². The van der Waals surface area contributed by atoms with Crippen molar-refractivity contribution in [2.75, 3.05) is 5.33 Å². The maximum atomic E-state index is 12.7. The Hall–Kier alpha value is -1.40. The predicted octanol–water partition coefficient (Wildman–Crippen LogP) is 5.60. The van der Waals surface area contributed by atoms with Crippen molar-refractivity contribution in [2.45, 2.75) is 62.7 Å². The largest absolute Gasteiger partial charge is 0.298 e. The maximum Gasteiger partial charge on any atom is 0.267 e. The zero-order valence-corrected chi connectivity index (χ0v) is 18.1. The fourth-order valence-electron chi connectivity index (χ4n) is 3.12. The van der Waals surface area contributed by atoms with Gasteiger partial charge in [0, 0.05) is 23.3 Å². The summed E-state index contributed by atoms with van der Waals surface area (Å²) in [5.74, 6) is 0. The number of carbonyl (C=O) groups excluding carboxylic acids is 1. The molecule has 2 rings (SSSR count). The number of halogens is 1. The molecule has 0 saturated heterocycles. The van der Waals surface area contributed by atoms with Gasteiger partial charge < -0.3 is 0 Å². The number of alkyl halides is 1. The van der Waals surface area contributed by atoms with E-state index >= 15 is 0 Å². The van der Waals surface area contributed by atoms with E-state index in [-0.39, 0.29) is 4.90 Å². The van der Waals surface area contributed by atoms with Gasteiger partial charge in [0.1, 0.15) is 0 Å². The predicted molar refractivity (Wildman–Crippen MR) is 113 cm³/mol. The summed E-state index contributed by atoms with van der Waals surface area (Å²) in [5, 5.41) is 1.09. The zero-order valence-electron chi connectivity index (χ0n) is 15.6. The minimum Gasteiger partial charge on any atom is -0.298 e. The fourth-order valence-corrected chi connectivity index (χ4v) is 4.78. The summed E-state index contributed by atoms with van der Waals surface area (Å²) in [6.07, 6.45) is 14.1. The summed E-state index contributed by atoms with van der Waals surface area (Å²) in [5.41, 5.74) is 1.27. The number of carbonyl (C=O) groups is 1. The highest BCUT2D eigenvalue weighted by molar-refractivity contribution is 9.09. The van der Waals surface area contributed by atoms with Crippen molar-refractivity contribution in [1.82, 2.24) is 3.97 Å². The average Bonchev–Trinajstić information content (AvgIpc) is 3.11. The monoisotopic (exact) mass is 453 g/mol. The Morgan fingerprint density at radius 3 is 2.04 bits per heavy atom. The third-order valence-electron chi connectivity index (χ3n) is 4.70. The number of hydrogen-bond donors (Lipinski definition) is 0. The summed E-state index contributed by atoms with van der Waals surface area (Å²) in [7, 11) is -3.65. The number of nitrogens with zero attached hydrogens (tertiary/aromatic N) is 1. The molecule has 0 radical (unpaired) electrons. The van der Waals surface area contributed by atoms with Gasteiger partial charge >= 0.3 is 0 Å². The van der Waals surface area contributed by atoms with Crippen LogP contribution in [-0.4, -0.2) is 24.0 Å². The van der Waals surface area contributed by atoms with E-state index < -0.39 is 10.0 Å². The first-order chi connectivity index (χ1) is 13.1. The van der Waals surface area contributed by atoms with Crippen molar-refractivity contribution >= 4 is 32.2 Å². The van der Waals surface area contributed by atoms with E-state index in [9.17, 15) is 13.2 Å². The molecule has 0 bridgehead atoms. The Morgan fingerprint density at radius 1 is 0.852 bits per heavy atom. The van der Waals surface area contributed by atoms with E-state index in [0.29, 0.717) is 5.56 Å². The molecule has 4 nitrogen and oxygen atoms in total. The van der Waals surface area contributed by atoms with Gasteiger partial charge in [-0.1, -0.05) is 72.7 Å². The maximum absolute atomic E-state index is 12.7. The summed E-state index contributed by atoms with van der Waals surface area (Å²) in [6, 6.07) is 8.29. The molecule has 27 heavy (non-hydrogen) atoms. The average molecular weight is 454 g/mol. The first-order valence-corrected chi connectivity index (χ1v) is 12.2. The second-order valence-corrected chi connectivity index (χ2v) is 9.41. The highest BCUT2D eigenvalue weighted by Crippen LogP contribution is 2.19. The lowest BCUT2D eigenvalue weighted by Gasteiger charge is -2.05. The van der Waals surface area contributed by atoms with Crippen molar-refractivity contribution < 1.29 is 13.2 Å². The van der Waals surface area contributed by atoms with E-state index in [1.807, 2.05) is 0 Å². The van der Waals surface area contributed by atoms with E-state index in [4.69, 9.17) is 0 Å². The normalized spacial score (nSPS) is 11.6. The molecule has 0 amide bonds. The van der Waals surface area contributed by atoms with Crippen LogP contribution in [0, 0.1) is 0 Å². The van der Waals surface area contributed by atoms with Gasteiger partial charge in [-0.3, -0.25) is 4.79 Å². The number of aryl methyl sites for hydroxylation is 1. The SMILES string of the molecule is O=Cc1cn(S(=O)(=O)c2ccccc2)cc1CCCCCCCCCCBr. The van der Waals surface area contributed by atoms with E-state index in [2.05, 4.69) is 15.9 Å². The Balaban J connectivity index is 1.87. The lowest BCUT2D eigenvalue weighted by atomic mass is 10.0. The fraction of sp³-hybridized carbons (Fsp3) is 0.476. The highest BCUT2D eigenvalue weighted by atomic mass is 79.9. The number of hydrogen-bond acceptors (Lipinski definition) is 3. The van der Waals surface area contributed by atoms with Gasteiger partial charge in [0.15, 0.2) is 6.29 Å². The molecule has 148 valence electrons. The lowest BCUT2D eigenvalue weighted by molar-refractivity contribution is 0.112. The topological polar surface area (TPSA) is 56.1 Å². The molecule has 1 aromatic carbocycles. The first kappa shape index (κ1) is 21.9. The van der Waals surface area contributed by atoms with Crippen LogP contribution in [0.15, 0.2) is 47.6 Å². The number of aromatic nitrogens is 1. The van der Waals surface area contributed by atoms with Crippen molar-refractivity contribution in [3.05, 3.63) is 53.9 Å². The smallest absolute Gasteiger partial charge is 0.267 e. The Bertz CT molecular complexity index is 800. The first-order valence-electron chi connectivity index (χ1n) is 9.62. The van der Waals surface area contributed by atoms with Gasteiger partial charge in [0.2, 0.25) is 0 Å². The van der Waals surface area contributed by atoms with Crippen LogP contribution in [0.2, 0.25) is 0 Å². The van der Waals surface area contributed by atoms with Crippen LogP contribution in [-0.2, 0) is 16.4 Å². The van der Waals surface area contributed by atoms with Gasteiger partial charge in [0.25, 0.3) is 10.0 Å². The molecule has 0 aliphatic carbocycles. The summed E-state index contributed by atoms with van der Waals surface area (Å²) >= 11 is 3.45. The Labute approximate surface area is 171 Å². The molecule has 0 aliphatic rings. The molecule has 0 unspecified atom stereocenters. The molecule has 0 aliphatic heterocycles. The highest BCUT2D eigenvalue weighted by Gasteiger charge is 2.18. The molecular weight excluding hydrogens is 426 g/mol. The third kappa shape index (κ3) is 6.61. The van der Waals surface area contributed by atoms with Crippen LogP contribution in [0.3, 0.4) is 0 Å². The molecule has 0 spiro atoms. The zero-order chi connectivity index (χ0) is 19.5. The molecule has 2 aromatic rings. The minimum atomic E-state index is -3.65. The van der Waals surface area contributed by atoms with E-state index in [0.717, 1.165) is 36.4 Å². The van der Waals surface area contributed by atoms with Crippen LogP contribution >= 0.6 is 15.9 Å². The van der Waals surface area contributed by atoms with Gasteiger partial charge in [-0.2, -0.15) is 0 Å². The molecule has 0 saturated carbocycles. The van der Waals surface area contributed by atoms with Crippen molar-refractivity contribution in [3.63, 3.8) is 0 Å². The van der Waals surface area contributed by atoms with E-state index in [1.54, 1.807) is 36.5 Å². The van der Waals surface area contributed by atoms with Crippen LogP contribution in [0.5, 0.6) is 0 Å². The minimum absolute atomic E-state index is 0.226.